The van der Waals surface area contributed by atoms with Gasteiger partial charge in [0.1, 0.15) is 5.76 Å². The van der Waals surface area contributed by atoms with E-state index in [0.717, 1.165) is 0 Å². The second-order valence-corrected chi connectivity index (χ2v) is 7.77. The third-order valence-electron chi connectivity index (χ3n) is 4.72. The summed E-state index contributed by atoms with van der Waals surface area (Å²) in [7, 11) is 1.70. The second-order valence-electron chi connectivity index (χ2n) is 6.83. The fourth-order valence-electron chi connectivity index (χ4n) is 3.08. The molecule has 0 aliphatic rings. The number of nitrogens with zero attached hydrogens (tertiary/aromatic N) is 4. The van der Waals surface area contributed by atoms with Gasteiger partial charge in [-0.2, -0.15) is 5.26 Å². The molecule has 0 bridgehead atoms. The van der Waals surface area contributed by atoms with Crippen molar-refractivity contribution >= 4 is 28.6 Å². The minimum absolute atomic E-state index is 0.109. The fraction of sp³-hybridized carbons (Fsp3) is 0.130. The predicted molar refractivity (Wildman–Crippen MR) is 118 cm³/mol. The zero-order valence-electron chi connectivity index (χ0n) is 16.7. The Hall–Kier alpha value is -3.83. The number of nitriles is 1. The minimum atomic E-state index is -0.228. The Morgan fingerprint density at radius 3 is 2.65 bits per heavy atom. The summed E-state index contributed by atoms with van der Waals surface area (Å²) < 4.78 is 6.78. The van der Waals surface area contributed by atoms with Crippen LogP contribution in [0.15, 0.2) is 81.3 Å². The number of aromatic nitrogens is 2. The molecule has 154 valence electrons. The summed E-state index contributed by atoms with van der Waals surface area (Å²) in [6, 6.07) is 19.4. The molecule has 8 heteroatoms. The molecule has 2 aromatic heterocycles. The van der Waals surface area contributed by atoms with Crippen LogP contribution in [0.1, 0.15) is 11.3 Å². The maximum absolute atomic E-state index is 13.2. The SMILES string of the molecule is CN(Cc1ccco1)C(=O)CSc1nc2ccccc2c(=O)n1-c1ccc(C#N)cc1. The van der Waals surface area contributed by atoms with Crippen LogP contribution < -0.4 is 5.56 Å². The lowest BCUT2D eigenvalue weighted by Crippen LogP contribution is -2.28. The maximum atomic E-state index is 13.2. The Balaban J connectivity index is 1.66. The van der Waals surface area contributed by atoms with E-state index in [9.17, 15) is 9.59 Å². The quantitative estimate of drug-likeness (QED) is 0.343. The molecule has 31 heavy (non-hydrogen) atoms. The number of carbonyl (C=O) groups excluding carboxylic acids is 1. The van der Waals surface area contributed by atoms with Crippen molar-refractivity contribution in [1.82, 2.24) is 14.5 Å². The van der Waals surface area contributed by atoms with Gasteiger partial charge in [-0.1, -0.05) is 23.9 Å². The van der Waals surface area contributed by atoms with Crippen molar-refractivity contribution in [3.63, 3.8) is 0 Å². The number of para-hydroxylation sites is 1. The standard InChI is InChI=1S/C23H18N4O3S/c1-26(14-18-5-4-12-30-18)21(28)15-31-23-25-20-7-3-2-6-19(20)22(29)27(23)17-10-8-16(13-24)9-11-17/h2-12H,14-15H2,1H3. The minimum Gasteiger partial charge on any atom is -0.467 e. The smallest absolute Gasteiger partial charge is 0.266 e. The van der Waals surface area contributed by atoms with Crippen molar-refractivity contribution in [3.8, 4) is 11.8 Å². The Kier molecular flexibility index (Phi) is 5.87. The van der Waals surface area contributed by atoms with Crippen molar-refractivity contribution < 1.29 is 9.21 Å². The van der Waals surface area contributed by atoms with Gasteiger partial charge in [0.25, 0.3) is 5.56 Å². The molecule has 0 saturated carbocycles. The highest BCUT2D eigenvalue weighted by atomic mass is 32.2. The Morgan fingerprint density at radius 1 is 1.16 bits per heavy atom. The summed E-state index contributed by atoms with van der Waals surface area (Å²) in [5.74, 6) is 0.688. The summed E-state index contributed by atoms with van der Waals surface area (Å²) in [5.41, 5.74) is 1.42. The molecule has 7 nitrogen and oxygen atoms in total. The van der Waals surface area contributed by atoms with E-state index in [1.165, 1.54) is 16.3 Å². The summed E-state index contributed by atoms with van der Waals surface area (Å²) in [6.07, 6.45) is 1.57. The molecule has 2 heterocycles. The molecule has 4 rings (SSSR count). The lowest BCUT2D eigenvalue weighted by atomic mass is 10.2. The molecular weight excluding hydrogens is 412 g/mol. The highest BCUT2D eigenvalue weighted by molar-refractivity contribution is 7.99. The van der Waals surface area contributed by atoms with E-state index in [2.05, 4.69) is 11.1 Å². The zero-order chi connectivity index (χ0) is 21.8. The van der Waals surface area contributed by atoms with Crippen LogP contribution in [0, 0.1) is 11.3 Å². The van der Waals surface area contributed by atoms with E-state index in [0.29, 0.717) is 39.6 Å². The number of furan rings is 1. The lowest BCUT2D eigenvalue weighted by Gasteiger charge is -2.17. The van der Waals surface area contributed by atoms with Gasteiger partial charge in [-0.15, -0.1) is 0 Å². The van der Waals surface area contributed by atoms with Crippen molar-refractivity contribution in [2.75, 3.05) is 12.8 Å². The van der Waals surface area contributed by atoms with Crippen LogP contribution in [0.2, 0.25) is 0 Å². The lowest BCUT2D eigenvalue weighted by molar-refractivity contribution is -0.127. The van der Waals surface area contributed by atoms with E-state index < -0.39 is 0 Å². The van der Waals surface area contributed by atoms with Gasteiger partial charge in [-0.25, -0.2) is 4.98 Å². The van der Waals surface area contributed by atoms with Crippen LogP contribution in [0.4, 0.5) is 0 Å². The van der Waals surface area contributed by atoms with E-state index in [4.69, 9.17) is 9.68 Å². The van der Waals surface area contributed by atoms with Gasteiger partial charge in [0, 0.05) is 7.05 Å². The first-order valence-corrected chi connectivity index (χ1v) is 10.5. The van der Waals surface area contributed by atoms with E-state index in [-0.39, 0.29) is 17.2 Å². The predicted octanol–water partition coefficient (Wildman–Crippen LogP) is 3.60. The topological polar surface area (TPSA) is 92.1 Å². The third kappa shape index (κ3) is 4.37. The van der Waals surface area contributed by atoms with Gasteiger partial charge in [0.15, 0.2) is 5.16 Å². The van der Waals surface area contributed by atoms with Crippen LogP contribution in [-0.2, 0) is 11.3 Å². The van der Waals surface area contributed by atoms with Crippen molar-refractivity contribution in [2.24, 2.45) is 0 Å². The molecule has 0 spiro atoms. The first kappa shape index (κ1) is 20.4. The monoisotopic (exact) mass is 430 g/mol. The first-order valence-electron chi connectivity index (χ1n) is 9.48. The maximum Gasteiger partial charge on any atom is 0.266 e. The molecule has 4 aromatic rings. The number of benzene rings is 2. The van der Waals surface area contributed by atoms with Crippen molar-refractivity contribution in [2.45, 2.75) is 11.7 Å². The zero-order valence-corrected chi connectivity index (χ0v) is 17.5. The van der Waals surface area contributed by atoms with Gasteiger partial charge in [0.05, 0.1) is 46.8 Å². The molecule has 0 N–H and O–H groups in total. The Bertz CT molecular complexity index is 1320. The van der Waals surface area contributed by atoms with Gasteiger partial charge < -0.3 is 9.32 Å². The van der Waals surface area contributed by atoms with Gasteiger partial charge in [-0.3, -0.25) is 14.2 Å². The Morgan fingerprint density at radius 2 is 1.94 bits per heavy atom. The van der Waals surface area contributed by atoms with Crippen LogP contribution >= 0.6 is 11.8 Å². The van der Waals surface area contributed by atoms with Gasteiger partial charge in [-0.05, 0) is 48.5 Å². The number of amides is 1. The molecule has 1 amide bonds. The van der Waals surface area contributed by atoms with Gasteiger partial charge >= 0.3 is 0 Å². The van der Waals surface area contributed by atoms with Gasteiger partial charge in [0.2, 0.25) is 5.91 Å². The van der Waals surface area contributed by atoms with E-state index >= 15 is 0 Å². The van der Waals surface area contributed by atoms with Crippen LogP contribution in [0.3, 0.4) is 0 Å². The average molecular weight is 430 g/mol. The van der Waals surface area contributed by atoms with E-state index in [1.54, 1.807) is 66.7 Å². The molecule has 0 fully saturated rings. The average Bonchev–Trinajstić information content (AvgIpc) is 3.31. The molecule has 0 atom stereocenters. The third-order valence-corrected chi connectivity index (χ3v) is 5.65. The second kappa shape index (κ2) is 8.90. The number of hydrogen-bond donors (Lipinski definition) is 0. The highest BCUT2D eigenvalue weighted by Crippen LogP contribution is 2.22. The molecular formula is C23H18N4O3S. The van der Waals surface area contributed by atoms with Crippen molar-refractivity contribution in [1.29, 1.82) is 5.26 Å². The number of thioether (sulfide) groups is 1. The molecule has 0 unspecified atom stereocenters. The number of carbonyl (C=O) groups is 1. The molecule has 0 aliphatic carbocycles. The Labute approximate surface area is 182 Å². The highest BCUT2D eigenvalue weighted by Gasteiger charge is 2.17. The number of hydrogen-bond acceptors (Lipinski definition) is 6. The fourth-order valence-corrected chi connectivity index (χ4v) is 4.04. The summed E-state index contributed by atoms with van der Waals surface area (Å²) in [5, 5.41) is 9.95. The van der Waals surface area contributed by atoms with Crippen LogP contribution in [0.5, 0.6) is 0 Å². The van der Waals surface area contributed by atoms with Crippen LogP contribution in [0.25, 0.3) is 16.6 Å². The normalized spacial score (nSPS) is 10.7. The largest absolute Gasteiger partial charge is 0.467 e. The molecule has 2 aromatic carbocycles. The first-order chi connectivity index (χ1) is 15.1. The summed E-state index contributed by atoms with van der Waals surface area (Å²) >= 11 is 1.19. The number of rotatable bonds is 6. The summed E-state index contributed by atoms with van der Waals surface area (Å²) in [6.45, 7) is 0.361. The van der Waals surface area contributed by atoms with Crippen molar-refractivity contribution in [3.05, 3.63) is 88.6 Å². The molecule has 0 saturated heterocycles. The van der Waals surface area contributed by atoms with E-state index in [1.807, 2.05) is 12.1 Å². The molecule has 0 aliphatic heterocycles. The number of fused-ring (bicyclic) bond motifs is 1. The molecule has 0 radical (unpaired) electrons. The van der Waals surface area contributed by atoms with Crippen LogP contribution in [-0.4, -0.2) is 33.2 Å². The summed E-state index contributed by atoms with van der Waals surface area (Å²) in [4.78, 5) is 32.1.